The lowest BCUT2D eigenvalue weighted by Gasteiger charge is -2.32. The Kier molecular flexibility index (Phi) is 6.18. The molecule has 8 nitrogen and oxygen atoms in total. The average molecular weight is 496 g/mol. The third-order valence-corrected chi connectivity index (χ3v) is 6.86. The SMILES string of the molecule is CCc1cnc(N2CCC(Oc3ccc(-c4ccc(-n5cnnn5)cc4F)c4ccccc34)CC2)nc1. The van der Waals surface area contributed by atoms with Crippen molar-refractivity contribution in [2.45, 2.75) is 32.3 Å². The van der Waals surface area contributed by atoms with Crippen LogP contribution in [0.15, 0.2) is 73.3 Å². The fourth-order valence-corrected chi connectivity index (χ4v) is 4.80. The van der Waals surface area contributed by atoms with E-state index in [0.29, 0.717) is 11.3 Å². The first kappa shape index (κ1) is 23.0. The van der Waals surface area contributed by atoms with Crippen LogP contribution < -0.4 is 9.64 Å². The van der Waals surface area contributed by atoms with Crippen molar-refractivity contribution < 1.29 is 9.13 Å². The molecule has 1 aliphatic heterocycles. The highest BCUT2D eigenvalue weighted by Gasteiger charge is 2.23. The molecule has 2 aromatic heterocycles. The van der Waals surface area contributed by atoms with Crippen molar-refractivity contribution in [3.63, 3.8) is 0 Å². The molecule has 0 amide bonds. The minimum absolute atomic E-state index is 0.0905. The van der Waals surface area contributed by atoms with Crippen LogP contribution in [0.3, 0.4) is 0 Å². The van der Waals surface area contributed by atoms with E-state index in [2.05, 4.69) is 37.3 Å². The Balaban J connectivity index is 1.22. The molecule has 3 aromatic carbocycles. The monoisotopic (exact) mass is 495 g/mol. The normalized spacial score (nSPS) is 14.3. The predicted octanol–water partition coefficient (Wildman–Crippen LogP) is 5.02. The van der Waals surface area contributed by atoms with Crippen molar-refractivity contribution in [1.82, 2.24) is 30.2 Å². The van der Waals surface area contributed by atoms with Gasteiger partial charge < -0.3 is 9.64 Å². The number of anilines is 1. The second kappa shape index (κ2) is 9.93. The summed E-state index contributed by atoms with van der Waals surface area (Å²) in [5.74, 6) is 1.25. The molecule has 1 aliphatic rings. The molecule has 0 bridgehead atoms. The lowest BCUT2D eigenvalue weighted by molar-refractivity contribution is 0.172. The van der Waals surface area contributed by atoms with Crippen LogP contribution in [0.1, 0.15) is 25.3 Å². The third-order valence-electron chi connectivity index (χ3n) is 6.86. The predicted molar refractivity (Wildman–Crippen MR) is 139 cm³/mol. The van der Waals surface area contributed by atoms with Gasteiger partial charge in [-0.05, 0) is 57.6 Å². The second-order valence-corrected chi connectivity index (χ2v) is 9.12. The molecule has 1 saturated heterocycles. The molecule has 0 atom stereocenters. The number of benzene rings is 3. The maximum Gasteiger partial charge on any atom is 0.225 e. The fourth-order valence-electron chi connectivity index (χ4n) is 4.80. The number of hydrogen-bond donors (Lipinski definition) is 0. The highest BCUT2D eigenvalue weighted by Crippen LogP contribution is 2.37. The first-order valence-corrected chi connectivity index (χ1v) is 12.5. The van der Waals surface area contributed by atoms with Gasteiger partial charge in [0, 0.05) is 55.3 Å². The van der Waals surface area contributed by atoms with E-state index in [4.69, 9.17) is 4.74 Å². The summed E-state index contributed by atoms with van der Waals surface area (Å²) in [5.41, 5.74) is 3.03. The van der Waals surface area contributed by atoms with Gasteiger partial charge in [-0.2, -0.15) is 0 Å². The average Bonchev–Trinajstić information content (AvgIpc) is 3.49. The van der Waals surface area contributed by atoms with Gasteiger partial charge in [0.15, 0.2) is 0 Å². The van der Waals surface area contributed by atoms with E-state index >= 15 is 4.39 Å². The summed E-state index contributed by atoms with van der Waals surface area (Å²) in [7, 11) is 0. The van der Waals surface area contributed by atoms with Gasteiger partial charge in [0.05, 0.1) is 5.69 Å². The molecule has 186 valence electrons. The molecule has 37 heavy (non-hydrogen) atoms. The Bertz CT molecular complexity index is 1510. The molecular weight excluding hydrogens is 469 g/mol. The quantitative estimate of drug-likeness (QED) is 0.327. The summed E-state index contributed by atoms with van der Waals surface area (Å²) < 4.78 is 23.1. The number of nitrogens with zero attached hydrogens (tertiary/aromatic N) is 7. The topological polar surface area (TPSA) is 81.9 Å². The molecule has 0 N–H and O–H groups in total. The number of ether oxygens (including phenoxy) is 1. The van der Waals surface area contributed by atoms with Gasteiger partial charge in [0.2, 0.25) is 5.95 Å². The van der Waals surface area contributed by atoms with Gasteiger partial charge in [-0.1, -0.05) is 31.2 Å². The number of hydrogen-bond acceptors (Lipinski definition) is 7. The van der Waals surface area contributed by atoms with Crippen molar-refractivity contribution >= 4 is 16.7 Å². The van der Waals surface area contributed by atoms with Crippen molar-refractivity contribution in [2.24, 2.45) is 0 Å². The standard InChI is InChI=1S/C28H26FN7O/c1-2-19-16-30-28(31-17-19)35-13-11-21(12-14-35)37-27-10-9-23(22-5-3-4-6-25(22)27)24-8-7-20(15-26(24)29)36-18-32-33-34-36/h3-10,15-18,21H,2,11-14H2,1H3. The number of aromatic nitrogens is 6. The van der Waals surface area contributed by atoms with E-state index in [1.807, 2.05) is 48.8 Å². The number of fused-ring (bicyclic) bond motifs is 1. The Morgan fingerprint density at radius 3 is 2.41 bits per heavy atom. The van der Waals surface area contributed by atoms with Crippen LogP contribution in [0.4, 0.5) is 10.3 Å². The van der Waals surface area contributed by atoms with Gasteiger partial charge >= 0.3 is 0 Å². The molecule has 0 spiro atoms. The number of aryl methyl sites for hydroxylation is 1. The first-order chi connectivity index (χ1) is 18.2. The minimum atomic E-state index is -0.339. The maximum absolute atomic E-state index is 15.2. The van der Waals surface area contributed by atoms with E-state index in [1.165, 1.54) is 17.1 Å². The molecule has 5 aromatic rings. The van der Waals surface area contributed by atoms with Gasteiger partial charge in [-0.25, -0.2) is 19.0 Å². The highest BCUT2D eigenvalue weighted by molar-refractivity contribution is 6.00. The van der Waals surface area contributed by atoms with Crippen LogP contribution in [0.5, 0.6) is 5.75 Å². The lowest BCUT2D eigenvalue weighted by Crippen LogP contribution is -2.39. The largest absolute Gasteiger partial charge is 0.490 e. The summed E-state index contributed by atoms with van der Waals surface area (Å²) >= 11 is 0. The van der Waals surface area contributed by atoms with Crippen LogP contribution in [-0.2, 0) is 6.42 Å². The van der Waals surface area contributed by atoms with E-state index in [0.717, 1.165) is 65.9 Å². The van der Waals surface area contributed by atoms with E-state index in [-0.39, 0.29) is 11.9 Å². The third kappa shape index (κ3) is 4.60. The number of tetrazole rings is 1. The van der Waals surface area contributed by atoms with Gasteiger partial charge in [0.1, 0.15) is 24.0 Å². The van der Waals surface area contributed by atoms with Crippen LogP contribution >= 0.6 is 0 Å². The van der Waals surface area contributed by atoms with E-state index in [9.17, 15) is 0 Å². The summed E-state index contributed by atoms with van der Waals surface area (Å²) in [6, 6.07) is 16.9. The van der Waals surface area contributed by atoms with Gasteiger partial charge in [-0.3, -0.25) is 0 Å². The Labute approximate surface area is 213 Å². The number of rotatable bonds is 6. The first-order valence-electron chi connectivity index (χ1n) is 12.5. The molecule has 6 rings (SSSR count). The van der Waals surface area contributed by atoms with Crippen molar-refractivity contribution in [2.75, 3.05) is 18.0 Å². The molecule has 0 unspecified atom stereocenters. The molecule has 3 heterocycles. The zero-order chi connectivity index (χ0) is 25.2. The minimum Gasteiger partial charge on any atom is -0.490 e. The van der Waals surface area contributed by atoms with E-state index < -0.39 is 0 Å². The molecule has 1 fully saturated rings. The molecule has 0 saturated carbocycles. The van der Waals surface area contributed by atoms with Crippen molar-refractivity contribution in [3.8, 4) is 22.6 Å². The molecule has 0 radical (unpaired) electrons. The van der Waals surface area contributed by atoms with Crippen LogP contribution in [-0.4, -0.2) is 49.4 Å². The molecular formula is C28H26FN7O. The smallest absolute Gasteiger partial charge is 0.225 e. The van der Waals surface area contributed by atoms with Crippen LogP contribution in [0, 0.1) is 5.82 Å². The maximum atomic E-state index is 15.2. The second-order valence-electron chi connectivity index (χ2n) is 9.12. The molecule has 9 heteroatoms. The molecule has 0 aliphatic carbocycles. The summed E-state index contributed by atoms with van der Waals surface area (Å²) in [6.07, 6.45) is 8.02. The van der Waals surface area contributed by atoms with Crippen LogP contribution in [0.25, 0.3) is 27.6 Å². The Morgan fingerprint density at radius 2 is 1.70 bits per heavy atom. The fraction of sp³-hybridized carbons (Fsp3) is 0.250. The van der Waals surface area contributed by atoms with Crippen molar-refractivity contribution in [3.05, 3.63) is 84.7 Å². The summed E-state index contributed by atoms with van der Waals surface area (Å²) in [6.45, 7) is 3.78. The van der Waals surface area contributed by atoms with Gasteiger partial charge in [-0.15, -0.1) is 5.10 Å². The number of halogens is 1. The Hall–Kier alpha value is -4.40. The zero-order valence-electron chi connectivity index (χ0n) is 20.5. The van der Waals surface area contributed by atoms with Gasteiger partial charge in [0.25, 0.3) is 0 Å². The Morgan fingerprint density at radius 1 is 0.946 bits per heavy atom. The van der Waals surface area contributed by atoms with E-state index in [1.54, 1.807) is 12.1 Å². The lowest BCUT2D eigenvalue weighted by atomic mass is 9.97. The highest BCUT2D eigenvalue weighted by atomic mass is 19.1. The number of piperidine rings is 1. The summed E-state index contributed by atoms with van der Waals surface area (Å²) in [4.78, 5) is 11.3. The zero-order valence-corrected chi connectivity index (χ0v) is 20.5. The van der Waals surface area contributed by atoms with Crippen LogP contribution in [0.2, 0.25) is 0 Å². The van der Waals surface area contributed by atoms with Crippen molar-refractivity contribution in [1.29, 1.82) is 0 Å². The summed E-state index contributed by atoms with van der Waals surface area (Å²) in [5, 5.41) is 13.0.